The molecule has 3 heteroatoms. The number of hydrogen-bond acceptors (Lipinski definition) is 2. The Morgan fingerprint density at radius 1 is 1.38 bits per heavy atom. The fraction of sp³-hybridized carbons (Fsp3) is 0.462. The maximum atomic E-state index is 10.6. The lowest BCUT2D eigenvalue weighted by Gasteiger charge is -2.26. The average Bonchev–Trinajstić information content (AvgIpc) is 2.26. The van der Waals surface area contributed by atoms with E-state index in [0.29, 0.717) is 6.42 Å². The van der Waals surface area contributed by atoms with Crippen molar-refractivity contribution in [3.8, 4) is 0 Å². The smallest absolute Gasteiger partial charge is 0.303 e. The SMILES string of the molecule is COC(C)(C)c1ccccc1CCC(=O)O. The zero-order valence-corrected chi connectivity index (χ0v) is 9.99. The Hall–Kier alpha value is -1.35. The highest BCUT2D eigenvalue weighted by Crippen LogP contribution is 2.27. The molecule has 0 radical (unpaired) electrons. The van der Waals surface area contributed by atoms with Gasteiger partial charge in [-0.25, -0.2) is 0 Å². The third-order valence-electron chi connectivity index (χ3n) is 2.78. The minimum atomic E-state index is -0.773. The third-order valence-corrected chi connectivity index (χ3v) is 2.78. The molecule has 0 unspecified atom stereocenters. The zero-order chi connectivity index (χ0) is 12.2. The van der Waals surface area contributed by atoms with Crippen molar-refractivity contribution in [2.75, 3.05) is 7.11 Å². The van der Waals surface area contributed by atoms with Gasteiger partial charge in [-0.1, -0.05) is 24.3 Å². The van der Waals surface area contributed by atoms with Crippen LogP contribution in [0.1, 0.15) is 31.4 Å². The van der Waals surface area contributed by atoms with Gasteiger partial charge in [0.1, 0.15) is 0 Å². The molecule has 0 amide bonds. The van der Waals surface area contributed by atoms with Gasteiger partial charge in [-0.05, 0) is 31.4 Å². The summed E-state index contributed by atoms with van der Waals surface area (Å²) in [5.41, 5.74) is 1.71. The number of carboxylic acids is 1. The number of ether oxygens (including phenoxy) is 1. The molecule has 16 heavy (non-hydrogen) atoms. The molecule has 1 N–H and O–H groups in total. The van der Waals surface area contributed by atoms with E-state index in [1.807, 2.05) is 38.1 Å². The number of carbonyl (C=O) groups is 1. The minimum absolute atomic E-state index is 0.150. The average molecular weight is 222 g/mol. The van der Waals surface area contributed by atoms with Crippen molar-refractivity contribution in [2.45, 2.75) is 32.3 Å². The number of carboxylic acid groups (broad SMARTS) is 1. The molecule has 0 bridgehead atoms. The summed E-state index contributed by atoms with van der Waals surface area (Å²) >= 11 is 0. The summed E-state index contributed by atoms with van der Waals surface area (Å²) in [7, 11) is 1.66. The van der Waals surface area contributed by atoms with E-state index in [9.17, 15) is 4.79 Å². The van der Waals surface area contributed by atoms with Gasteiger partial charge in [0.2, 0.25) is 0 Å². The maximum absolute atomic E-state index is 10.6. The molecule has 0 heterocycles. The molecule has 0 atom stereocenters. The van der Waals surface area contributed by atoms with Gasteiger partial charge in [0.05, 0.1) is 5.60 Å². The molecule has 3 nitrogen and oxygen atoms in total. The van der Waals surface area contributed by atoms with Crippen LogP contribution in [0.25, 0.3) is 0 Å². The van der Waals surface area contributed by atoms with Crippen molar-refractivity contribution in [3.05, 3.63) is 35.4 Å². The van der Waals surface area contributed by atoms with Crippen LogP contribution in [-0.4, -0.2) is 18.2 Å². The molecule has 0 fully saturated rings. The Morgan fingerprint density at radius 2 is 2.00 bits per heavy atom. The van der Waals surface area contributed by atoms with E-state index in [-0.39, 0.29) is 12.0 Å². The van der Waals surface area contributed by atoms with E-state index in [0.717, 1.165) is 11.1 Å². The van der Waals surface area contributed by atoms with E-state index in [1.165, 1.54) is 0 Å². The first-order chi connectivity index (χ1) is 7.47. The lowest BCUT2D eigenvalue weighted by atomic mass is 9.91. The van der Waals surface area contributed by atoms with Crippen LogP contribution in [0.2, 0.25) is 0 Å². The molecule has 1 aromatic rings. The van der Waals surface area contributed by atoms with Crippen molar-refractivity contribution in [1.82, 2.24) is 0 Å². The molecular weight excluding hydrogens is 204 g/mol. The molecule has 0 aromatic heterocycles. The molecule has 0 aliphatic rings. The molecular formula is C13H18O3. The molecule has 1 aromatic carbocycles. The fourth-order valence-electron chi connectivity index (χ4n) is 1.68. The lowest BCUT2D eigenvalue weighted by Crippen LogP contribution is -2.21. The first-order valence-electron chi connectivity index (χ1n) is 5.32. The zero-order valence-electron chi connectivity index (χ0n) is 9.99. The predicted molar refractivity (Wildman–Crippen MR) is 62.4 cm³/mol. The number of rotatable bonds is 5. The summed E-state index contributed by atoms with van der Waals surface area (Å²) < 4.78 is 5.42. The highest BCUT2D eigenvalue weighted by atomic mass is 16.5. The minimum Gasteiger partial charge on any atom is -0.481 e. The Labute approximate surface area is 96.1 Å². The van der Waals surface area contributed by atoms with Crippen LogP contribution in [-0.2, 0) is 21.6 Å². The molecule has 0 saturated carbocycles. The van der Waals surface area contributed by atoms with Gasteiger partial charge in [0.25, 0.3) is 0 Å². The molecule has 0 aliphatic heterocycles. The Morgan fingerprint density at radius 3 is 2.56 bits per heavy atom. The molecule has 0 spiro atoms. The highest BCUT2D eigenvalue weighted by molar-refractivity contribution is 5.67. The largest absolute Gasteiger partial charge is 0.481 e. The molecule has 1 rings (SSSR count). The van der Waals surface area contributed by atoms with Crippen molar-refractivity contribution >= 4 is 5.97 Å². The van der Waals surface area contributed by atoms with E-state index in [2.05, 4.69) is 0 Å². The second kappa shape index (κ2) is 5.12. The maximum Gasteiger partial charge on any atom is 0.303 e. The summed E-state index contributed by atoms with van der Waals surface area (Å²) in [6.07, 6.45) is 0.690. The van der Waals surface area contributed by atoms with Crippen molar-refractivity contribution in [3.63, 3.8) is 0 Å². The molecule has 0 saturated heterocycles. The lowest BCUT2D eigenvalue weighted by molar-refractivity contribution is -0.136. The van der Waals surface area contributed by atoms with E-state index in [4.69, 9.17) is 9.84 Å². The van der Waals surface area contributed by atoms with Gasteiger partial charge in [-0.2, -0.15) is 0 Å². The quantitative estimate of drug-likeness (QED) is 0.833. The van der Waals surface area contributed by atoms with Crippen LogP contribution in [0.4, 0.5) is 0 Å². The topological polar surface area (TPSA) is 46.5 Å². The number of benzene rings is 1. The van der Waals surface area contributed by atoms with Crippen LogP contribution in [0, 0.1) is 0 Å². The van der Waals surface area contributed by atoms with Crippen molar-refractivity contribution < 1.29 is 14.6 Å². The summed E-state index contributed by atoms with van der Waals surface area (Å²) in [5.74, 6) is -0.773. The Kier molecular flexibility index (Phi) is 4.07. The van der Waals surface area contributed by atoms with Crippen LogP contribution >= 0.6 is 0 Å². The van der Waals surface area contributed by atoms with Crippen LogP contribution < -0.4 is 0 Å². The van der Waals surface area contributed by atoms with Crippen LogP contribution in [0.3, 0.4) is 0 Å². The Bertz CT molecular complexity index is 369. The normalized spacial score (nSPS) is 11.4. The second-order valence-corrected chi connectivity index (χ2v) is 4.27. The fourth-order valence-corrected chi connectivity index (χ4v) is 1.68. The van der Waals surface area contributed by atoms with Crippen molar-refractivity contribution in [1.29, 1.82) is 0 Å². The predicted octanol–water partition coefficient (Wildman–Crippen LogP) is 2.59. The summed E-state index contributed by atoms with van der Waals surface area (Å²) in [6.45, 7) is 3.96. The third kappa shape index (κ3) is 3.07. The van der Waals surface area contributed by atoms with Gasteiger partial charge >= 0.3 is 5.97 Å². The number of aryl methyl sites for hydroxylation is 1. The highest BCUT2D eigenvalue weighted by Gasteiger charge is 2.22. The van der Waals surface area contributed by atoms with Crippen LogP contribution in [0.15, 0.2) is 24.3 Å². The first-order valence-corrected chi connectivity index (χ1v) is 5.32. The number of hydrogen-bond donors (Lipinski definition) is 1. The molecule has 88 valence electrons. The standard InChI is InChI=1S/C13H18O3/c1-13(2,16-3)11-7-5-4-6-10(11)8-9-12(14)15/h4-7H,8-9H2,1-3H3,(H,14,15). The van der Waals surface area contributed by atoms with E-state index < -0.39 is 5.97 Å². The molecule has 0 aliphatic carbocycles. The first kappa shape index (κ1) is 12.7. The van der Waals surface area contributed by atoms with Gasteiger partial charge in [0.15, 0.2) is 0 Å². The van der Waals surface area contributed by atoms with E-state index >= 15 is 0 Å². The van der Waals surface area contributed by atoms with Crippen LogP contribution in [0.5, 0.6) is 0 Å². The summed E-state index contributed by atoms with van der Waals surface area (Å²) in [4.78, 5) is 10.6. The number of aliphatic carboxylic acids is 1. The second-order valence-electron chi connectivity index (χ2n) is 4.27. The van der Waals surface area contributed by atoms with Crippen molar-refractivity contribution in [2.24, 2.45) is 0 Å². The monoisotopic (exact) mass is 222 g/mol. The van der Waals surface area contributed by atoms with Gasteiger partial charge in [-0.3, -0.25) is 4.79 Å². The Balaban J connectivity index is 2.96. The summed E-state index contributed by atoms with van der Waals surface area (Å²) in [6, 6.07) is 7.81. The van der Waals surface area contributed by atoms with Gasteiger partial charge < -0.3 is 9.84 Å². The summed E-state index contributed by atoms with van der Waals surface area (Å²) in [5, 5.41) is 8.69. The van der Waals surface area contributed by atoms with E-state index in [1.54, 1.807) is 7.11 Å². The van der Waals surface area contributed by atoms with Gasteiger partial charge in [0, 0.05) is 13.5 Å². The van der Waals surface area contributed by atoms with Gasteiger partial charge in [-0.15, -0.1) is 0 Å². The number of methoxy groups -OCH3 is 1.